The van der Waals surface area contributed by atoms with E-state index < -0.39 is 0 Å². The van der Waals surface area contributed by atoms with Gasteiger partial charge in [-0.3, -0.25) is 4.98 Å². The van der Waals surface area contributed by atoms with Gasteiger partial charge in [0.1, 0.15) is 5.82 Å². The molecule has 29 heavy (non-hydrogen) atoms. The van der Waals surface area contributed by atoms with Crippen molar-refractivity contribution < 1.29 is 4.79 Å². The first kappa shape index (κ1) is 19.9. The molecule has 2 fully saturated rings. The SMILES string of the molecule is Cc1cnc(-c2cccnc2)n1CCC1CCN(C(=O)NC2CCCCC2)CC1. The minimum Gasteiger partial charge on any atom is -0.335 e. The number of rotatable bonds is 5. The Morgan fingerprint density at radius 2 is 1.93 bits per heavy atom. The third kappa shape index (κ3) is 4.98. The smallest absolute Gasteiger partial charge is 0.317 e. The van der Waals surface area contributed by atoms with E-state index >= 15 is 0 Å². The molecule has 0 aromatic carbocycles. The summed E-state index contributed by atoms with van der Waals surface area (Å²) in [6.07, 6.45) is 15.0. The van der Waals surface area contributed by atoms with Crippen LogP contribution in [0.1, 0.15) is 57.1 Å². The molecule has 2 amide bonds. The van der Waals surface area contributed by atoms with Crippen LogP contribution in [0.5, 0.6) is 0 Å². The molecule has 6 nitrogen and oxygen atoms in total. The molecule has 4 rings (SSSR count). The first-order valence-corrected chi connectivity index (χ1v) is 11.2. The number of piperidine rings is 1. The van der Waals surface area contributed by atoms with Crippen LogP contribution < -0.4 is 5.32 Å². The fourth-order valence-electron chi connectivity index (χ4n) is 4.72. The van der Waals surface area contributed by atoms with Gasteiger partial charge in [-0.05, 0) is 57.1 Å². The highest BCUT2D eigenvalue weighted by Crippen LogP contribution is 2.25. The fourth-order valence-corrected chi connectivity index (χ4v) is 4.72. The largest absolute Gasteiger partial charge is 0.335 e. The Balaban J connectivity index is 1.26. The zero-order valence-electron chi connectivity index (χ0n) is 17.5. The number of pyridine rings is 1. The molecule has 2 aromatic rings. The van der Waals surface area contributed by atoms with Crippen molar-refractivity contribution in [2.24, 2.45) is 5.92 Å². The standard InChI is InChI=1S/C23H33N5O/c1-18-16-25-22(20-6-5-12-24-17-20)28(18)15-11-19-9-13-27(14-10-19)23(29)26-21-7-3-2-4-8-21/h5-6,12,16-17,19,21H,2-4,7-11,13-15H2,1H3,(H,26,29). The predicted molar refractivity (Wildman–Crippen MR) is 115 cm³/mol. The second-order valence-electron chi connectivity index (χ2n) is 8.62. The zero-order valence-corrected chi connectivity index (χ0v) is 17.5. The number of nitrogens with zero attached hydrogens (tertiary/aromatic N) is 4. The molecule has 0 atom stereocenters. The van der Waals surface area contributed by atoms with Gasteiger partial charge in [-0.1, -0.05) is 19.3 Å². The van der Waals surface area contributed by atoms with E-state index in [1.807, 2.05) is 23.4 Å². The van der Waals surface area contributed by atoms with E-state index in [2.05, 4.69) is 32.8 Å². The maximum Gasteiger partial charge on any atom is 0.317 e. The lowest BCUT2D eigenvalue weighted by Crippen LogP contribution is -2.48. The van der Waals surface area contributed by atoms with Gasteiger partial charge in [0.05, 0.1) is 0 Å². The van der Waals surface area contributed by atoms with Crippen LogP contribution in [-0.4, -0.2) is 44.6 Å². The van der Waals surface area contributed by atoms with Gasteiger partial charge >= 0.3 is 6.03 Å². The van der Waals surface area contributed by atoms with Gasteiger partial charge in [0.25, 0.3) is 0 Å². The molecule has 2 aliphatic rings. The zero-order chi connectivity index (χ0) is 20.1. The number of hydrogen-bond donors (Lipinski definition) is 1. The summed E-state index contributed by atoms with van der Waals surface area (Å²) in [5.41, 5.74) is 2.25. The second-order valence-corrected chi connectivity index (χ2v) is 8.62. The molecule has 1 aliphatic carbocycles. The third-order valence-electron chi connectivity index (χ3n) is 6.57. The number of nitrogens with one attached hydrogen (secondary N) is 1. The molecule has 1 saturated carbocycles. The van der Waals surface area contributed by atoms with Crippen LogP contribution >= 0.6 is 0 Å². The highest BCUT2D eigenvalue weighted by molar-refractivity contribution is 5.74. The number of carbonyl (C=O) groups excluding carboxylic acids is 1. The Bertz CT molecular complexity index is 789. The molecule has 0 spiro atoms. The van der Waals surface area contributed by atoms with Crippen LogP contribution in [0.3, 0.4) is 0 Å². The van der Waals surface area contributed by atoms with E-state index in [1.54, 1.807) is 6.20 Å². The summed E-state index contributed by atoms with van der Waals surface area (Å²) in [4.78, 5) is 23.4. The lowest BCUT2D eigenvalue weighted by atomic mass is 9.93. The van der Waals surface area contributed by atoms with Crippen molar-refractivity contribution in [3.63, 3.8) is 0 Å². The number of imidazole rings is 1. The fraction of sp³-hybridized carbons (Fsp3) is 0.609. The van der Waals surface area contributed by atoms with Crippen LogP contribution in [0.4, 0.5) is 4.79 Å². The lowest BCUT2D eigenvalue weighted by molar-refractivity contribution is 0.161. The summed E-state index contributed by atoms with van der Waals surface area (Å²) in [7, 11) is 0. The molecule has 0 radical (unpaired) electrons. The second kappa shape index (κ2) is 9.42. The van der Waals surface area contributed by atoms with Crippen molar-refractivity contribution in [1.82, 2.24) is 24.8 Å². The molecule has 1 aliphatic heterocycles. The van der Waals surface area contributed by atoms with E-state index in [4.69, 9.17) is 0 Å². The Labute approximate surface area is 173 Å². The van der Waals surface area contributed by atoms with Crippen LogP contribution in [0.25, 0.3) is 11.4 Å². The van der Waals surface area contributed by atoms with Gasteiger partial charge in [-0.2, -0.15) is 0 Å². The normalized spacial score (nSPS) is 18.7. The van der Waals surface area contributed by atoms with E-state index in [-0.39, 0.29) is 6.03 Å². The molecule has 156 valence electrons. The van der Waals surface area contributed by atoms with Crippen LogP contribution in [0, 0.1) is 12.8 Å². The summed E-state index contributed by atoms with van der Waals surface area (Å²) in [6, 6.07) is 4.57. The van der Waals surface area contributed by atoms with E-state index in [9.17, 15) is 4.79 Å². The summed E-state index contributed by atoms with van der Waals surface area (Å²) in [5, 5.41) is 3.26. The lowest BCUT2D eigenvalue weighted by Gasteiger charge is -2.34. The van der Waals surface area contributed by atoms with Crippen molar-refractivity contribution in [3.8, 4) is 11.4 Å². The number of aromatic nitrogens is 3. The average Bonchev–Trinajstić information content (AvgIpc) is 3.14. The minimum atomic E-state index is 0.152. The number of carbonyl (C=O) groups is 1. The highest BCUT2D eigenvalue weighted by Gasteiger charge is 2.25. The van der Waals surface area contributed by atoms with Gasteiger partial charge in [-0.25, -0.2) is 9.78 Å². The minimum absolute atomic E-state index is 0.152. The number of hydrogen-bond acceptors (Lipinski definition) is 3. The van der Waals surface area contributed by atoms with E-state index in [0.29, 0.717) is 12.0 Å². The maximum absolute atomic E-state index is 12.6. The van der Waals surface area contributed by atoms with Gasteiger partial charge < -0.3 is 14.8 Å². The van der Waals surface area contributed by atoms with Crippen LogP contribution in [0.15, 0.2) is 30.7 Å². The molecule has 2 aromatic heterocycles. The topological polar surface area (TPSA) is 63.1 Å². The monoisotopic (exact) mass is 395 g/mol. The first-order chi connectivity index (χ1) is 14.2. The van der Waals surface area contributed by atoms with E-state index in [1.165, 1.54) is 25.0 Å². The third-order valence-corrected chi connectivity index (χ3v) is 6.57. The van der Waals surface area contributed by atoms with Crippen molar-refractivity contribution >= 4 is 6.03 Å². The summed E-state index contributed by atoms with van der Waals surface area (Å²) >= 11 is 0. The summed E-state index contributed by atoms with van der Waals surface area (Å²) in [6.45, 7) is 4.84. The van der Waals surface area contributed by atoms with Gasteiger partial charge in [0, 0.05) is 55.5 Å². The molecule has 0 unspecified atom stereocenters. The molecule has 1 N–H and O–H groups in total. The molecule has 6 heteroatoms. The van der Waals surface area contributed by atoms with Crippen molar-refractivity contribution in [3.05, 3.63) is 36.4 Å². The quantitative estimate of drug-likeness (QED) is 0.816. The number of urea groups is 1. The van der Waals surface area contributed by atoms with Crippen molar-refractivity contribution in [1.29, 1.82) is 0 Å². The first-order valence-electron chi connectivity index (χ1n) is 11.2. The maximum atomic E-state index is 12.6. The molecule has 0 bridgehead atoms. The highest BCUT2D eigenvalue weighted by atomic mass is 16.2. The Kier molecular flexibility index (Phi) is 6.47. The number of likely N-dealkylation sites (tertiary alicyclic amines) is 1. The number of aryl methyl sites for hydroxylation is 1. The molecular weight excluding hydrogens is 362 g/mol. The molecular formula is C23H33N5O. The molecule has 1 saturated heterocycles. The Morgan fingerprint density at radius 3 is 2.66 bits per heavy atom. The average molecular weight is 396 g/mol. The van der Waals surface area contributed by atoms with Crippen LogP contribution in [0.2, 0.25) is 0 Å². The Hall–Kier alpha value is -2.37. The van der Waals surface area contributed by atoms with Crippen LogP contribution in [-0.2, 0) is 6.54 Å². The number of amides is 2. The van der Waals surface area contributed by atoms with Gasteiger partial charge in [0.2, 0.25) is 0 Å². The van der Waals surface area contributed by atoms with Gasteiger partial charge in [0.15, 0.2) is 0 Å². The Morgan fingerprint density at radius 1 is 1.14 bits per heavy atom. The summed E-state index contributed by atoms with van der Waals surface area (Å²) < 4.78 is 2.30. The van der Waals surface area contributed by atoms with Crippen molar-refractivity contribution in [2.45, 2.75) is 70.9 Å². The predicted octanol–water partition coefficient (Wildman–Crippen LogP) is 4.40. The van der Waals surface area contributed by atoms with E-state index in [0.717, 1.165) is 63.1 Å². The van der Waals surface area contributed by atoms with Gasteiger partial charge in [-0.15, -0.1) is 0 Å². The molecule has 3 heterocycles. The van der Waals surface area contributed by atoms with Crippen molar-refractivity contribution in [2.75, 3.05) is 13.1 Å². The summed E-state index contributed by atoms with van der Waals surface area (Å²) in [5.74, 6) is 1.66.